The Morgan fingerprint density at radius 1 is 1.36 bits per heavy atom. The molecule has 0 aromatic carbocycles. The summed E-state index contributed by atoms with van der Waals surface area (Å²) in [4.78, 5) is 1.59. The minimum absolute atomic E-state index is 0.812. The summed E-state index contributed by atoms with van der Waals surface area (Å²) in [6, 6.07) is 4.47. The topological polar surface area (TPSA) is 26.0 Å². The first-order valence-corrected chi connectivity index (χ1v) is 6.53. The van der Waals surface area contributed by atoms with E-state index in [2.05, 4.69) is 17.5 Å². The maximum Gasteiger partial charge on any atom is 0.00789 e. The molecule has 1 heterocycles. The maximum absolute atomic E-state index is 5.68. The fraction of sp³-hybridized carbons (Fsp3) is 0.667. The molecule has 1 nitrogen and oxygen atoms in total. The summed E-state index contributed by atoms with van der Waals surface area (Å²) in [5.41, 5.74) is 5.68. The predicted octanol–water partition coefficient (Wildman–Crippen LogP) is 3.37. The molecule has 0 spiro atoms. The van der Waals surface area contributed by atoms with Crippen LogP contribution >= 0.6 is 11.3 Å². The molecule has 0 radical (unpaired) electrons. The normalized spacial score (nSPS) is 27.8. The van der Waals surface area contributed by atoms with Crippen LogP contribution < -0.4 is 5.73 Å². The number of thiophene rings is 1. The minimum atomic E-state index is 0.812. The molecule has 0 saturated heterocycles. The van der Waals surface area contributed by atoms with Crippen molar-refractivity contribution in [1.29, 1.82) is 0 Å². The number of rotatable bonds is 3. The van der Waals surface area contributed by atoms with Crippen molar-refractivity contribution >= 4 is 11.3 Å². The number of nitrogens with two attached hydrogens (primary N) is 1. The van der Waals surface area contributed by atoms with Crippen molar-refractivity contribution in [2.24, 2.45) is 11.7 Å². The maximum atomic E-state index is 5.68. The molecule has 0 amide bonds. The second kappa shape index (κ2) is 4.94. The zero-order chi connectivity index (χ0) is 9.80. The van der Waals surface area contributed by atoms with Gasteiger partial charge in [-0.2, -0.15) is 0 Å². The SMILES string of the molecule is NCCC1CCCCC1c1cccs1. The fourth-order valence-corrected chi connectivity index (χ4v) is 3.60. The van der Waals surface area contributed by atoms with Gasteiger partial charge in [0.2, 0.25) is 0 Å². The standard InChI is InChI=1S/C12H19NS/c13-8-7-10-4-1-2-5-11(10)12-6-3-9-14-12/h3,6,9-11H,1-2,4-5,7-8,13H2. The molecule has 2 heteroatoms. The van der Waals surface area contributed by atoms with Crippen LogP contribution in [0, 0.1) is 5.92 Å². The second-order valence-electron chi connectivity index (χ2n) is 4.24. The first kappa shape index (κ1) is 10.2. The minimum Gasteiger partial charge on any atom is -0.330 e. The lowest BCUT2D eigenvalue weighted by Crippen LogP contribution is -2.20. The molecule has 78 valence electrons. The smallest absolute Gasteiger partial charge is 0.00789 e. The fourth-order valence-electron chi connectivity index (χ4n) is 2.64. The predicted molar refractivity (Wildman–Crippen MR) is 62.7 cm³/mol. The molecule has 1 aliphatic carbocycles. The van der Waals surface area contributed by atoms with Gasteiger partial charge in [0, 0.05) is 4.88 Å². The van der Waals surface area contributed by atoms with Crippen molar-refractivity contribution in [1.82, 2.24) is 0 Å². The van der Waals surface area contributed by atoms with Crippen LogP contribution in [-0.2, 0) is 0 Å². The number of hydrogen-bond acceptors (Lipinski definition) is 2. The average molecular weight is 209 g/mol. The summed E-state index contributed by atoms with van der Waals surface area (Å²) in [6.45, 7) is 0.854. The lowest BCUT2D eigenvalue weighted by Gasteiger charge is -2.30. The van der Waals surface area contributed by atoms with Crippen LogP contribution in [0.3, 0.4) is 0 Å². The van der Waals surface area contributed by atoms with Gasteiger partial charge in [-0.25, -0.2) is 0 Å². The van der Waals surface area contributed by atoms with Crippen molar-refractivity contribution < 1.29 is 0 Å². The van der Waals surface area contributed by atoms with E-state index in [1.807, 2.05) is 11.3 Å². The van der Waals surface area contributed by atoms with E-state index >= 15 is 0 Å². The van der Waals surface area contributed by atoms with E-state index in [-0.39, 0.29) is 0 Å². The van der Waals surface area contributed by atoms with Gasteiger partial charge in [0.1, 0.15) is 0 Å². The van der Waals surface area contributed by atoms with Gasteiger partial charge in [0.05, 0.1) is 0 Å². The molecule has 1 aliphatic rings. The summed E-state index contributed by atoms with van der Waals surface area (Å²) >= 11 is 1.92. The van der Waals surface area contributed by atoms with Crippen molar-refractivity contribution in [3.05, 3.63) is 22.4 Å². The van der Waals surface area contributed by atoms with Crippen LogP contribution in [0.25, 0.3) is 0 Å². The van der Waals surface area contributed by atoms with Gasteiger partial charge < -0.3 is 5.73 Å². The Morgan fingerprint density at radius 2 is 2.21 bits per heavy atom. The molecule has 2 unspecified atom stereocenters. The Morgan fingerprint density at radius 3 is 2.93 bits per heavy atom. The van der Waals surface area contributed by atoms with E-state index in [9.17, 15) is 0 Å². The summed E-state index contributed by atoms with van der Waals surface area (Å²) < 4.78 is 0. The van der Waals surface area contributed by atoms with Crippen molar-refractivity contribution in [3.63, 3.8) is 0 Å². The van der Waals surface area contributed by atoms with Crippen molar-refractivity contribution in [2.45, 2.75) is 38.0 Å². The van der Waals surface area contributed by atoms with E-state index in [0.29, 0.717) is 0 Å². The average Bonchev–Trinajstić information content (AvgIpc) is 2.72. The Hall–Kier alpha value is -0.340. The summed E-state index contributed by atoms with van der Waals surface area (Å²) in [5, 5.41) is 2.20. The van der Waals surface area contributed by atoms with Crippen molar-refractivity contribution in [2.75, 3.05) is 6.54 Å². The molecule has 1 aromatic rings. The molecule has 0 aliphatic heterocycles. The molecular formula is C12H19NS. The lowest BCUT2D eigenvalue weighted by molar-refractivity contribution is 0.297. The highest BCUT2D eigenvalue weighted by molar-refractivity contribution is 7.10. The first-order valence-electron chi connectivity index (χ1n) is 5.65. The van der Waals surface area contributed by atoms with Crippen LogP contribution in [0.4, 0.5) is 0 Å². The highest BCUT2D eigenvalue weighted by atomic mass is 32.1. The highest BCUT2D eigenvalue weighted by Crippen LogP contribution is 2.40. The van der Waals surface area contributed by atoms with Gasteiger partial charge in [-0.05, 0) is 49.1 Å². The van der Waals surface area contributed by atoms with Crippen LogP contribution in [0.5, 0.6) is 0 Å². The Bertz CT molecular complexity index is 253. The Labute approximate surface area is 90.3 Å². The molecule has 2 atom stereocenters. The monoisotopic (exact) mass is 209 g/mol. The molecular weight excluding hydrogens is 190 g/mol. The van der Waals surface area contributed by atoms with Crippen LogP contribution in [0.1, 0.15) is 42.9 Å². The third-order valence-corrected chi connectivity index (χ3v) is 4.36. The third kappa shape index (κ3) is 2.18. The van der Waals surface area contributed by atoms with Crippen LogP contribution in [0.15, 0.2) is 17.5 Å². The molecule has 0 bridgehead atoms. The zero-order valence-electron chi connectivity index (χ0n) is 8.61. The second-order valence-corrected chi connectivity index (χ2v) is 5.22. The zero-order valence-corrected chi connectivity index (χ0v) is 9.43. The van der Waals surface area contributed by atoms with Crippen molar-refractivity contribution in [3.8, 4) is 0 Å². The summed E-state index contributed by atoms with van der Waals surface area (Å²) in [6.07, 6.45) is 6.80. The van der Waals surface area contributed by atoms with Gasteiger partial charge in [0.15, 0.2) is 0 Å². The Balaban J connectivity index is 2.06. The Kier molecular flexibility index (Phi) is 3.60. The molecule has 2 N–H and O–H groups in total. The highest BCUT2D eigenvalue weighted by Gasteiger charge is 2.26. The largest absolute Gasteiger partial charge is 0.330 e. The van der Waals surface area contributed by atoms with E-state index in [1.54, 1.807) is 4.88 Å². The van der Waals surface area contributed by atoms with Gasteiger partial charge in [-0.3, -0.25) is 0 Å². The van der Waals surface area contributed by atoms with Gasteiger partial charge in [-0.1, -0.05) is 18.9 Å². The summed E-state index contributed by atoms with van der Waals surface area (Å²) in [7, 11) is 0. The van der Waals surface area contributed by atoms with Crippen LogP contribution in [-0.4, -0.2) is 6.54 Å². The first-order chi connectivity index (χ1) is 6.92. The number of hydrogen-bond donors (Lipinski definition) is 1. The molecule has 2 rings (SSSR count). The van der Waals surface area contributed by atoms with Gasteiger partial charge in [0.25, 0.3) is 0 Å². The van der Waals surface area contributed by atoms with Crippen LogP contribution in [0.2, 0.25) is 0 Å². The molecule has 1 fully saturated rings. The van der Waals surface area contributed by atoms with E-state index in [0.717, 1.165) is 18.4 Å². The summed E-state index contributed by atoms with van der Waals surface area (Å²) in [5.74, 6) is 1.67. The van der Waals surface area contributed by atoms with Gasteiger partial charge >= 0.3 is 0 Å². The van der Waals surface area contributed by atoms with E-state index < -0.39 is 0 Å². The van der Waals surface area contributed by atoms with E-state index in [4.69, 9.17) is 5.73 Å². The third-order valence-electron chi connectivity index (χ3n) is 3.36. The molecule has 14 heavy (non-hydrogen) atoms. The van der Waals surface area contributed by atoms with Gasteiger partial charge in [-0.15, -0.1) is 11.3 Å². The molecule has 1 saturated carbocycles. The quantitative estimate of drug-likeness (QED) is 0.811. The van der Waals surface area contributed by atoms with E-state index in [1.165, 1.54) is 32.1 Å². The molecule has 1 aromatic heterocycles. The lowest BCUT2D eigenvalue weighted by atomic mass is 9.77.